The average molecular weight is 480 g/mol. The molecule has 0 bridgehead atoms. The monoisotopic (exact) mass is 478 g/mol. The molecule has 4 rings (SSSR count). The van der Waals surface area contributed by atoms with Gasteiger partial charge in [0.2, 0.25) is 0 Å². The highest BCUT2D eigenvalue weighted by Crippen LogP contribution is 2.45. The Hall–Kier alpha value is -2.57. The third-order valence-electron chi connectivity index (χ3n) is 4.71. The molecule has 0 radical (unpaired) electrons. The van der Waals surface area contributed by atoms with Gasteiger partial charge >= 0.3 is 0 Å². The highest BCUT2D eigenvalue weighted by molar-refractivity contribution is 6.48. The van der Waals surface area contributed by atoms with Gasteiger partial charge in [0.25, 0.3) is 5.91 Å². The Kier molecular flexibility index (Phi) is 5.24. The molecule has 0 spiro atoms. The lowest BCUT2D eigenvalue weighted by molar-refractivity contribution is 0.0979. The van der Waals surface area contributed by atoms with Crippen LogP contribution in [0.2, 0.25) is 20.1 Å². The number of nitrogen functional groups attached to an aromatic ring is 1. The van der Waals surface area contributed by atoms with Crippen molar-refractivity contribution in [2.24, 2.45) is 0 Å². The molecule has 0 aliphatic heterocycles. The Morgan fingerprint density at radius 2 is 1.40 bits per heavy atom. The van der Waals surface area contributed by atoms with Crippen molar-refractivity contribution in [3.63, 3.8) is 0 Å². The lowest BCUT2D eigenvalue weighted by atomic mass is 9.82. The fraction of sp³-hybridized carbons (Fsp3) is 0. The van der Waals surface area contributed by atoms with Crippen molar-refractivity contribution in [1.29, 1.82) is 0 Å². The van der Waals surface area contributed by atoms with E-state index in [4.69, 9.17) is 52.1 Å². The Morgan fingerprint density at radius 3 is 2.00 bits per heavy atom. The second-order valence-corrected chi connectivity index (χ2v) is 8.02. The van der Waals surface area contributed by atoms with Crippen molar-refractivity contribution >= 4 is 75.3 Å². The number of nitrogens with one attached hydrogen (secondary N) is 1. The van der Waals surface area contributed by atoms with Crippen LogP contribution in [0.15, 0.2) is 42.5 Å². The van der Waals surface area contributed by atoms with Crippen molar-refractivity contribution in [2.75, 3.05) is 11.1 Å². The van der Waals surface area contributed by atoms with E-state index in [0.717, 1.165) is 0 Å². The smallest absolute Gasteiger partial charge is 0.255 e. The molecular formula is C21H10Cl4N2O3. The van der Waals surface area contributed by atoms with Gasteiger partial charge in [0.05, 0.1) is 42.6 Å². The first-order valence-electron chi connectivity index (χ1n) is 8.47. The molecule has 0 aromatic heterocycles. The fourth-order valence-electron chi connectivity index (χ4n) is 3.26. The third kappa shape index (κ3) is 3.15. The average Bonchev–Trinajstić information content (AvgIpc) is 2.74. The molecule has 30 heavy (non-hydrogen) atoms. The minimum atomic E-state index is -0.627. The van der Waals surface area contributed by atoms with E-state index in [1.54, 1.807) is 12.1 Å². The van der Waals surface area contributed by atoms with Gasteiger partial charge in [-0.3, -0.25) is 14.4 Å². The molecule has 0 saturated carbocycles. The number of carbonyl (C=O) groups excluding carboxylic acids is 3. The second kappa shape index (κ2) is 7.60. The van der Waals surface area contributed by atoms with E-state index in [1.807, 2.05) is 0 Å². The van der Waals surface area contributed by atoms with Gasteiger partial charge in [0.15, 0.2) is 11.6 Å². The van der Waals surface area contributed by atoms with Crippen LogP contribution in [0.3, 0.4) is 0 Å². The normalized spacial score (nSPS) is 12.4. The number of hydrogen-bond acceptors (Lipinski definition) is 4. The van der Waals surface area contributed by atoms with Crippen LogP contribution in [-0.2, 0) is 0 Å². The highest BCUT2D eigenvalue weighted by Gasteiger charge is 2.36. The van der Waals surface area contributed by atoms with Gasteiger partial charge in [-0.1, -0.05) is 70.7 Å². The van der Waals surface area contributed by atoms with Crippen LogP contribution in [0.4, 0.5) is 11.4 Å². The SMILES string of the molecule is Nc1c(Cl)c(Cl)c(NC(=O)c2ccc(Cl)c(Cl)c2)c2c1C(=O)c1ccccc1C2=O. The number of fused-ring (bicyclic) bond motifs is 2. The summed E-state index contributed by atoms with van der Waals surface area (Å²) in [6.07, 6.45) is 0. The minimum Gasteiger partial charge on any atom is -0.397 e. The summed E-state index contributed by atoms with van der Waals surface area (Å²) >= 11 is 24.4. The summed E-state index contributed by atoms with van der Waals surface area (Å²) in [4.78, 5) is 39.1. The van der Waals surface area contributed by atoms with Gasteiger partial charge in [-0.25, -0.2) is 0 Å². The number of amides is 1. The Morgan fingerprint density at radius 1 is 0.800 bits per heavy atom. The second-order valence-electron chi connectivity index (χ2n) is 6.45. The summed E-state index contributed by atoms with van der Waals surface area (Å²) in [5, 5.41) is 2.72. The fourth-order valence-corrected chi connectivity index (χ4v) is 3.99. The lowest BCUT2D eigenvalue weighted by Crippen LogP contribution is -2.26. The quantitative estimate of drug-likeness (QED) is 0.349. The summed E-state index contributed by atoms with van der Waals surface area (Å²) < 4.78 is 0. The van der Waals surface area contributed by atoms with E-state index in [1.165, 1.54) is 30.3 Å². The molecule has 3 N–H and O–H groups in total. The number of hydrogen-bond donors (Lipinski definition) is 2. The van der Waals surface area contributed by atoms with Crippen molar-refractivity contribution in [1.82, 2.24) is 0 Å². The van der Waals surface area contributed by atoms with Crippen LogP contribution < -0.4 is 11.1 Å². The molecule has 0 fully saturated rings. The van der Waals surface area contributed by atoms with Crippen LogP contribution in [0, 0.1) is 0 Å². The van der Waals surface area contributed by atoms with E-state index in [9.17, 15) is 14.4 Å². The maximum absolute atomic E-state index is 13.2. The van der Waals surface area contributed by atoms with Gasteiger partial charge in [-0.05, 0) is 18.2 Å². The molecule has 3 aromatic carbocycles. The zero-order valence-electron chi connectivity index (χ0n) is 14.9. The molecule has 0 saturated heterocycles. The summed E-state index contributed by atoms with van der Waals surface area (Å²) in [7, 11) is 0. The molecule has 0 heterocycles. The van der Waals surface area contributed by atoms with Gasteiger partial charge in [-0.2, -0.15) is 0 Å². The molecular weight excluding hydrogens is 470 g/mol. The van der Waals surface area contributed by atoms with E-state index in [2.05, 4.69) is 5.32 Å². The minimum absolute atomic E-state index is 0.0995. The largest absolute Gasteiger partial charge is 0.397 e. The van der Waals surface area contributed by atoms with Crippen LogP contribution in [0.5, 0.6) is 0 Å². The van der Waals surface area contributed by atoms with Gasteiger partial charge in [0.1, 0.15) is 0 Å². The number of benzene rings is 3. The molecule has 150 valence electrons. The number of halogens is 4. The molecule has 1 amide bonds. The number of ketones is 2. The Labute approximate surface area is 190 Å². The van der Waals surface area contributed by atoms with Crippen molar-refractivity contribution in [3.8, 4) is 0 Å². The molecule has 9 heteroatoms. The molecule has 1 aliphatic carbocycles. The molecule has 0 atom stereocenters. The molecule has 5 nitrogen and oxygen atoms in total. The maximum atomic E-state index is 13.2. The molecule has 1 aliphatic rings. The Bertz CT molecular complexity index is 1290. The zero-order valence-corrected chi connectivity index (χ0v) is 17.9. The first-order chi connectivity index (χ1) is 14.2. The molecule has 0 unspecified atom stereocenters. The molecule has 3 aromatic rings. The van der Waals surface area contributed by atoms with E-state index in [0.29, 0.717) is 0 Å². The summed E-state index contributed by atoms with van der Waals surface area (Å²) in [5.41, 5.74) is 6.12. The highest BCUT2D eigenvalue weighted by atomic mass is 35.5. The topological polar surface area (TPSA) is 89.3 Å². The van der Waals surface area contributed by atoms with Gasteiger partial charge < -0.3 is 11.1 Å². The van der Waals surface area contributed by atoms with Crippen molar-refractivity contribution in [2.45, 2.75) is 0 Å². The number of anilines is 2. The standard InChI is InChI=1S/C21H10Cl4N2O3/c22-11-6-5-8(7-12(11)23)21(30)27-18-14-13(17(26)15(24)16(18)25)19(28)9-3-1-2-4-10(9)20(14)29/h1-7H,26H2,(H,27,30). The first-order valence-corrected chi connectivity index (χ1v) is 9.98. The number of carbonyl (C=O) groups is 3. The lowest BCUT2D eigenvalue weighted by Gasteiger charge is -2.24. The van der Waals surface area contributed by atoms with E-state index in [-0.39, 0.29) is 59.3 Å². The van der Waals surface area contributed by atoms with E-state index < -0.39 is 17.5 Å². The van der Waals surface area contributed by atoms with Crippen molar-refractivity contribution in [3.05, 3.63) is 90.4 Å². The Balaban J connectivity index is 1.90. The van der Waals surface area contributed by atoms with Crippen LogP contribution >= 0.6 is 46.4 Å². The predicted molar refractivity (Wildman–Crippen MR) is 119 cm³/mol. The number of nitrogens with two attached hydrogens (primary N) is 1. The number of rotatable bonds is 2. The van der Waals surface area contributed by atoms with Crippen LogP contribution in [0.1, 0.15) is 42.2 Å². The first kappa shape index (κ1) is 20.7. The zero-order chi connectivity index (χ0) is 21.7. The van der Waals surface area contributed by atoms with Gasteiger partial charge in [-0.15, -0.1) is 0 Å². The third-order valence-corrected chi connectivity index (χ3v) is 6.32. The predicted octanol–water partition coefficient (Wildman–Crippen LogP) is 5.91. The summed E-state index contributed by atoms with van der Waals surface area (Å²) in [6, 6.07) is 10.6. The summed E-state index contributed by atoms with van der Waals surface area (Å²) in [5.74, 6) is -1.62. The van der Waals surface area contributed by atoms with Gasteiger partial charge in [0, 0.05) is 16.7 Å². The van der Waals surface area contributed by atoms with Crippen molar-refractivity contribution < 1.29 is 14.4 Å². The van der Waals surface area contributed by atoms with E-state index >= 15 is 0 Å². The maximum Gasteiger partial charge on any atom is 0.255 e. The van der Waals surface area contributed by atoms with Crippen LogP contribution in [-0.4, -0.2) is 17.5 Å². The summed E-state index contributed by atoms with van der Waals surface area (Å²) in [6.45, 7) is 0. The van der Waals surface area contributed by atoms with Crippen LogP contribution in [0.25, 0.3) is 0 Å².